The van der Waals surface area contributed by atoms with Gasteiger partial charge in [-0.25, -0.2) is 5.84 Å². The third kappa shape index (κ3) is 7.93. The van der Waals surface area contributed by atoms with E-state index in [0.29, 0.717) is 12.0 Å². The first kappa shape index (κ1) is 12.6. The first-order valence-electron chi connectivity index (χ1n) is 4.47. The van der Waals surface area contributed by atoms with Gasteiger partial charge in [0.1, 0.15) is 0 Å². The maximum atomic E-state index is 5.29. The fraction of sp³-hybridized carbons (Fsp3) is 0.875. The van der Waals surface area contributed by atoms with Crippen molar-refractivity contribution in [2.75, 3.05) is 18.6 Å². The molecule has 0 aliphatic rings. The molecule has 0 radical (unpaired) electrons. The third-order valence-electron chi connectivity index (χ3n) is 1.34. The molecule has 0 heterocycles. The monoisotopic (exact) mass is 204 g/mol. The average molecular weight is 204 g/mol. The van der Waals surface area contributed by atoms with Crippen molar-refractivity contribution >= 4 is 17.7 Å². The van der Waals surface area contributed by atoms with Gasteiger partial charge in [-0.3, -0.25) is 10.4 Å². The Kier molecular flexibility index (Phi) is 7.93. The standard InChI is InChI=1S/C8H20N4S/c1-7(2)11-8(12-9)10-5-4-6-13-3/h7H,4-6,9H2,1-3H3,(H2,10,11,12). The van der Waals surface area contributed by atoms with E-state index in [9.17, 15) is 0 Å². The Bertz CT molecular complexity index is 147. The molecular weight excluding hydrogens is 184 g/mol. The molecular formula is C8H20N4S. The quantitative estimate of drug-likeness (QED) is 0.201. The predicted molar refractivity (Wildman–Crippen MR) is 60.9 cm³/mol. The smallest absolute Gasteiger partial charge is 0.205 e. The zero-order valence-electron chi connectivity index (χ0n) is 8.63. The molecule has 0 aromatic rings. The Balaban J connectivity index is 3.65. The van der Waals surface area contributed by atoms with E-state index in [-0.39, 0.29) is 0 Å². The Labute approximate surface area is 84.7 Å². The molecule has 0 aliphatic heterocycles. The molecule has 0 bridgehead atoms. The van der Waals surface area contributed by atoms with Crippen LogP contribution in [-0.2, 0) is 0 Å². The number of thioether (sulfide) groups is 1. The molecule has 0 rings (SSSR count). The molecule has 4 nitrogen and oxygen atoms in total. The lowest BCUT2D eigenvalue weighted by atomic mass is 10.4. The molecule has 78 valence electrons. The fourth-order valence-electron chi connectivity index (χ4n) is 0.806. The van der Waals surface area contributed by atoms with E-state index in [1.807, 2.05) is 11.8 Å². The second kappa shape index (κ2) is 8.19. The summed E-state index contributed by atoms with van der Waals surface area (Å²) in [5, 5.41) is 3.11. The Morgan fingerprint density at radius 2 is 2.23 bits per heavy atom. The van der Waals surface area contributed by atoms with Gasteiger partial charge in [-0.05, 0) is 32.3 Å². The van der Waals surface area contributed by atoms with Crippen molar-refractivity contribution < 1.29 is 0 Å². The summed E-state index contributed by atoms with van der Waals surface area (Å²) >= 11 is 1.83. The number of hydrogen-bond acceptors (Lipinski definition) is 3. The summed E-state index contributed by atoms with van der Waals surface area (Å²) in [6.45, 7) is 4.92. The van der Waals surface area contributed by atoms with Crippen molar-refractivity contribution in [1.29, 1.82) is 0 Å². The second-order valence-electron chi connectivity index (χ2n) is 3.02. The Morgan fingerprint density at radius 1 is 1.54 bits per heavy atom. The van der Waals surface area contributed by atoms with E-state index in [1.54, 1.807) is 0 Å². The van der Waals surface area contributed by atoms with Crippen molar-refractivity contribution in [1.82, 2.24) is 10.7 Å². The molecule has 0 saturated carbocycles. The highest BCUT2D eigenvalue weighted by molar-refractivity contribution is 7.98. The van der Waals surface area contributed by atoms with Crippen molar-refractivity contribution in [2.45, 2.75) is 26.3 Å². The van der Waals surface area contributed by atoms with Crippen LogP contribution >= 0.6 is 11.8 Å². The van der Waals surface area contributed by atoms with Gasteiger partial charge >= 0.3 is 0 Å². The lowest BCUT2D eigenvalue weighted by molar-refractivity contribution is 0.701. The minimum atomic E-state index is 0.357. The molecule has 0 atom stereocenters. The van der Waals surface area contributed by atoms with Crippen molar-refractivity contribution in [3.05, 3.63) is 0 Å². The highest BCUT2D eigenvalue weighted by Gasteiger charge is 1.96. The molecule has 0 saturated heterocycles. The van der Waals surface area contributed by atoms with Crippen molar-refractivity contribution in [3.63, 3.8) is 0 Å². The van der Waals surface area contributed by atoms with E-state index >= 15 is 0 Å². The largest absolute Gasteiger partial charge is 0.353 e. The van der Waals surface area contributed by atoms with Gasteiger partial charge in [-0.2, -0.15) is 11.8 Å². The Hall–Kier alpha value is -0.420. The number of aliphatic imine (C=N–C) groups is 1. The molecule has 13 heavy (non-hydrogen) atoms. The SMILES string of the molecule is CSCCCN=C(NN)NC(C)C. The van der Waals surface area contributed by atoms with Crippen LogP contribution in [0.25, 0.3) is 0 Å². The normalized spacial score (nSPS) is 11.9. The number of guanidine groups is 1. The van der Waals surface area contributed by atoms with Crippen LogP contribution in [0.5, 0.6) is 0 Å². The minimum absolute atomic E-state index is 0.357. The average Bonchev–Trinajstić information content (AvgIpc) is 2.09. The molecule has 0 unspecified atom stereocenters. The topological polar surface area (TPSA) is 62.4 Å². The summed E-state index contributed by atoms with van der Waals surface area (Å²) in [6.07, 6.45) is 3.18. The van der Waals surface area contributed by atoms with Gasteiger partial charge in [0.2, 0.25) is 5.96 Å². The zero-order chi connectivity index (χ0) is 10.1. The van der Waals surface area contributed by atoms with E-state index in [1.165, 1.54) is 0 Å². The number of nitrogens with two attached hydrogens (primary N) is 1. The van der Waals surface area contributed by atoms with E-state index in [4.69, 9.17) is 5.84 Å². The molecule has 5 heteroatoms. The fourth-order valence-corrected chi connectivity index (χ4v) is 1.22. The number of nitrogens with zero attached hydrogens (tertiary/aromatic N) is 1. The molecule has 0 aromatic heterocycles. The summed E-state index contributed by atoms with van der Waals surface area (Å²) in [6, 6.07) is 0.357. The van der Waals surface area contributed by atoms with E-state index in [0.717, 1.165) is 18.7 Å². The van der Waals surface area contributed by atoms with Gasteiger partial charge in [0.15, 0.2) is 0 Å². The summed E-state index contributed by atoms with van der Waals surface area (Å²) in [4.78, 5) is 4.28. The highest BCUT2D eigenvalue weighted by atomic mass is 32.2. The second-order valence-corrected chi connectivity index (χ2v) is 4.01. The molecule has 0 aromatic carbocycles. The van der Waals surface area contributed by atoms with Crippen LogP contribution in [0.3, 0.4) is 0 Å². The molecule has 4 N–H and O–H groups in total. The van der Waals surface area contributed by atoms with Gasteiger partial charge < -0.3 is 5.32 Å². The van der Waals surface area contributed by atoms with Crippen LogP contribution in [-0.4, -0.2) is 30.6 Å². The van der Waals surface area contributed by atoms with Gasteiger partial charge in [0, 0.05) is 12.6 Å². The highest BCUT2D eigenvalue weighted by Crippen LogP contribution is 1.94. The summed E-state index contributed by atoms with van der Waals surface area (Å²) in [5.74, 6) is 7.11. The van der Waals surface area contributed by atoms with Gasteiger partial charge in [0.25, 0.3) is 0 Å². The number of nitrogens with one attached hydrogen (secondary N) is 2. The van der Waals surface area contributed by atoms with Crippen LogP contribution in [0.2, 0.25) is 0 Å². The third-order valence-corrected chi connectivity index (χ3v) is 2.04. The molecule has 0 spiro atoms. The van der Waals surface area contributed by atoms with Gasteiger partial charge in [-0.1, -0.05) is 0 Å². The summed E-state index contributed by atoms with van der Waals surface area (Å²) < 4.78 is 0. The number of rotatable bonds is 5. The van der Waals surface area contributed by atoms with Gasteiger partial charge in [0.05, 0.1) is 0 Å². The van der Waals surface area contributed by atoms with E-state index in [2.05, 4.69) is 35.8 Å². The minimum Gasteiger partial charge on any atom is -0.353 e. The van der Waals surface area contributed by atoms with Crippen molar-refractivity contribution in [3.8, 4) is 0 Å². The van der Waals surface area contributed by atoms with Gasteiger partial charge in [-0.15, -0.1) is 0 Å². The zero-order valence-corrected chi connectivity index (χ0v) is 9.45. The van der Waals surface area contributed by atoms with Crippen molar-refractivity contribution in [2.24, 2.45) is 10.8 Å². The van der Waals surface area contributed by atoms with Crippen LogP contribution in [0.15, 0.2) is 4.99 Å². The van der Waals surface area contributed by atoms with E-state index < -0.39 is 0 Å². The first-order chi connectivity index (χ1) is 6.20. The maximum absolute atomic E-state index is 5.29. The van der Waals surface area contributed by atoms with Crippen LogP contribution in [0.4, 0.5) is 0 Å². The maximum Gasteiger partial charge on any atom is 0.205 e. The molecule has 0 aliphatic carbocycles. The lowest BCUT2D eigenvalue weighted by Gasteiger charge is -2.11. The predicted octanol–water partition coefficient (Wildman–Crippen LogP) is 0.557. The van der Waals surface area contributed by atoms with Crippen LogP contribution < -0.4 is 16.6 Å². The van der Waals surface area contributed by atoms with Crippen LogP contribution in [0.1, 0.15) is 20.3 Å². The Morgan fingerprint density at radius 3 is 2.69 bits per heavy atom. The summed E-state index contributed by atoms with van der Waals surface area (Å²) in [7, 11) is 0. The summed E-state index contributed by atoms with van der Waals surface area (Å²) in [5.41, 5.74) is 2.54. The molecule has 0 fully saturated rings. The first-order valence-corrected chi connectivity index (χ1v) is 5.86. The van der Waals surface area contributed by atoms with Crippen LogP contribution in [0, 0.1) is 0 Å². The number of hydrazine groups is 1. The lowest BCUT2D eigenvalue weighted by Crippen LogP contribution is -2.44. The number of hydrogen-bond donors (Lipinski definition) is 3. The molecule has 0 amide bonds.